The van der Waals surface area contributed by atoms with E-state index in [0.29, 0.717) is 16.9 Å². The first-order valence-electron chi connectivity index (χ1n) is 7.49. The van der Waals surface area contributed by atoms with Crippen molar-refractivity contribution >= 4 is 0 Å². The number of ether oxygens (including phenoxy) is 2. The molecular weight excluding hydrogens is 254 g/mol. The van der Waals surface area contributed by atoms with E-state index in [1.54, 1.807) is 6.07 Å². The Labute approximate surface area is 120 Å². The zero-order valence-electron chi connectivity index (χ0n) is 12.3. The summed E-state index contributed by atoms with van der Waals surface area (Å²) < 4.78 is 10.7. The quantitative estimate of drug-likeness (QED) is 0.918. The number of phenols is 1. The van der Waals surface area contributed by atoms with Crippen molar-refractivity contribution in [1.82, 2.24) is 4.90 Å². The van der Waals surface area contributed by atoms with Gasteiger partial charge >= 0.3 is 0 Å². The summed E-state index contributed by atoms with van der Waals surface area (Å²) in [4.78, 5) is 2.43. The number of aromatic hydroxyl groups is 1. The zero-order valence-corrected chi connectivity index (χ0v) is 12.3. The lowest BCUT2D eigenvalue weighted by Crippen LogP contribution is -2.26. The first-order valence-corrected chi connectivity index (χ1v) is 7.49. The Morgan fingerprint density at radius 1 is 1.20 bits per heavy atom. The van der Waals surface area contributed by atoms with Crippen LogP contribution in [0.25, 0.3) is 0 Å². The van der Waals surface area contributed by atoms with Crippen molar-refractivity contribution in [2.45, 2.75) is 39.7 Å². The second-order valence-corrected chi connectivity index (χ2v) is 6.00. The van der Waals surface area contributed by atoms with Crippen LogP contribution in [-0.4, -0.2) is 29.9 Å². The predicted octanol–water partition coefficient (Wildman–Crippen LogP) is 3.13. The van der Waals surface area contributed by atoms with Gasteiger partial charge in [0, 0.05) is 24.7 Å². The summed E-state index contributed by atoms with van der Waals surface area (Å²) in [6.45, 7) is 7.82. The molecule has 20 heavy (non-hydrogen) atoms. The minimum atomic E-state index is 0.247. The van der Waals surface area contributed by atoms with Gasteiger partial charge in [0.05, 0.1) is 0 Å². The number of rotatable bonds is 4. The van der Waals surface area contributed by atoms with Gasteiger partial charge in [-0.25, -0.2) is 0 Å². The Morgan fingerprint density at radius 2 is 1.90 bits per heavy atom. The maximum Gasteiger partial charge on any atom is 0.231 e. The molecule has 0 amide bonds. The maximum absolute atomic E-state index is 10.1. The van der Waals surface area contributed by atoms with Crippen LogP contribution < -0.4 is 9.47 Å². The molecule has 0 unspecified atom stereocenters. The highest BCUT2D eigenvalue weighted by Gasteiger charge is 2.35. The molecule has 1 aromatic carbocycles. The van der Waals surface area contributed by atoms with Gasteiger partial charge in [-0.05, 0) is 37.3 Å². The van der Waals surface area contributed by atoms with Crippen molar-refractivity contribution in [2.75, 3.05) is 19.9 Å². The Hall–Kier alpha value is -1.42. The van der Waals surface area contributed by atoms with Gasteiger partial charge in [-0.3, -0.25) is 4.90 Å². The van der Waals surface area contributed by atoms with Crippen LogP contribution in [0.4, 0.5) is 0 Å². The molecule has 2 heterocycles. The second-order valence-electron chi connectivity index (χ2n) is 6.00. The molecule has 0 aliphatic carbocycles. The molecule has 1 saturated heterocycles. The average Bonchev–Trinajstić information content (AvgIpc) is 3.06. The minimum absolute atomic E-state index is 0.247. The van der Waals surface area contributed by atoms with Crippen molar-refractivity contribution in [3.63, 3.8) is 0 Å². The highest BCUT2D eigenvalue weighted by atomic mass is 16.7. The number of fused-ring (bicyclic) bond motifs is 1. The van der Waals surface area contributed by atoms with E-state index in [-0.39, 0.29) is 6.79 Å². The number of hydrogen-bond donors (Lipinski definition) is 1. The summed E-state index contributed by atoms with van der Waals surface area (Å²) >= 11 is 0. The normalized spacial score (nSPS) is 20.5. The Morgan fingerprint density at radius 3 is 2.55 bits per heavy atom. The standard InChI is InChI=1S/C16H23NO3/c1-3-16(4-2)5-6-17(10-16)9-12-7-14-15(8-13(12)18)20-11-19-14/h7-8,18H,3-6,9-11H2,1-2H3. The number of phenolic OH excluding ortho intramolecular Hbond substituents is 1. The molecule has 4 nitrogen and oxygen atoms in total. The lowest BCUT2D eigenvalue weighted by atomic mass is 9.82. The highest BCUT2D eigenvalue weighted by Crippen LogP contribution is 2.41. The summed E-state index contributed by atoms with van der Waals surface area (Å²) in [5.74, 6) is 1.69. The van der Waals surface area contributed by atoms with Gasteiger partial charge in [0.1, 0.15) is 5.75 Å². The Kier molecular flexibility index (Phi) is 3.50. The first kappa shape index (κ1) is 13.6. The molecule has 0 radical (unpaired) electrons. The van der Waals surface area contributed by atoms with Gasteiger partial charge in [-0.2, -0.15) is 0 Å². The van der Waals surface area contributed by atoms with E-state index in [9.17, 15) is 5.11 Å². The maximum atomic E-state index is 10.1. The number of hydrogen-bond acceptors (Lipinski definition) is 4. The fourth-order valence-corrected chi connectivity index (χ4v) is 3.33. The van der Waals surface area contributed by atoms with E-state index < -0.39 is 0 Å². The largest absolute Gasteiger partial charge is 0.507 e. The first-order chi connectivity index (χ1) is 9.65. The van der Waals surface area contributed by atoms with Gasteiger partial charge in [0.15, 0.2) is 11.5 Å². The molecule has 3 rings (SSSR count). The zero-order chi connectivity index (χ0) is 14.2. The molecular formula is C16H23NO3. The molecule has 0 bridgehead atoms. The van der Waals surface area contributed by atoms with Gasteiger partial charge in [0.2, 0.25) is 6.79 Å². The van der Waals surface area contributed by atoms with Crippen LogP contribution >= 0.6 is 0 Å². The van der Waals surface area contributed by atoms with E-state index in [1.165, 1.54) is 19.3 Å². The Balaban J connectivity index is 1.73. The van der Waals surface area contributed by atoms with Crippen molar-refractivity contribution in [3.05, 3.63) is 17.7 Å². The van der Waals surface area contributed by atoms with Gasteiger partial charge in [-0.1, -0.05) is 13.8 Å². The van der Waals surface area contributed by atoms with Crippen LogP contribution in [0.15, 0.2) is 12.1 Å². The molecule has 0 atom stereocenters. The second kappa shape index (κ2) is 5.17. The van der Waals surface area contributed by atoms with Crippen LogP contribution in [0, 0.1) is 5.41 Å². The molecule has 1 N–H and O–H groups in total. The van der Waals surface area contributed by atoms with Crippen LogP contribution in [0.1, 0.15) is 38.7 Å². The van der Waals surface area contributed by atoms with Crippen molar-refractivity contribution in [2.24, 2.45) is 5.41 Å². The summed E-state index contributed by atoms with van der Waals surface area (Å²) in [6.07, 6.45) is 3.71. The Bertz CT molecular complexity index is 497. The SMILES string of the molecule is CCC1(CC)CCN(Cc2cc3c(cc2O)OCO3)C1. The van der Waals surface area contributed by atoms with Crippen molar-refractivity contribution in [3.8, 4) is 17.2 Å². The van der Waals surface area contributed by atoms with E-state index >= 15 is 0 Å². The number of nitrogens with zero attached hydrogens (tertiary/aromatic N) is 1. The van der Waals surface area contributed by atoms with E-state index in [2.05, 4.69) is 18.7 Å². The molecule has 2 aliphatic heterocycles. The van der Waals surface area contributed by atoms with Crippen LogP contribution in [0.2, 0.25) is 0 Å². The highest BCUT2D eigenvalue weighted by molar-refractivity contribution is 5.51. The molecule has 0 aromatic heterocycles. The summed E-state index contributed by atoms with van der Waals surface area (Å²) in [5, 5.41) is 10.1. The van der Waals surface area contributed by atoms with Gasteiger partial charge in [-0.15, -0.1) is 0 Å². The summed E-state index contributed by atoms with van der Waals surface area (Å²) in [5.41, 5.74) is 1.39. The smallest absolute Gasteiger partial charge is 0.231 e. The van der Waals surface area contributed by atoms with Gasteiger partial charge in [0.25, 0.3) is 0 Å². The molecule has 0 saturated carbocycles. The molecule has 2 aliphatic rings. The average molecular weight is 277 g/mol. The number of likely N-dealkylation sites (tertiary alicyclic amines) is 1. The molecule has 1 aromatic rings. The predicted molar refractivity (Wildman–Crippen MR) is 77.1 cm³/mol. The lowest BCUT2D eigenvalue weighted by molar-refractivity contribution is 0.174. The lowest BCUT2D eigenvalue weighted by Gasteiger charge is -2.26. The summed E-state index contributed by atoms with van der Waals surface area (Å²) in [7, 11) is 0. The third kappa shape index (κ3) is 2.33. The van der Waals surface area contributed by atoms with Crippen molar-refractivity contribution in [1.29, 1.82) is 0 Å². The van der Waals surface area contributed by atoms with Gasteiger partial charge < -0.3 is 14.6 Å². The topological polar surface area (TPSA) is 41.9 Å². The minimum Gasteiger partial charge on any atom is -0.507 e. The van der Waals surface area contributed by atoms with E-state index in [1.807, 2.05) is 6.07 Å². The molecule has 1 fully saturated rings. The molecule has 0 spiro atoms. The van der Waals surface area contributed by atoms with E-state index in [4.69, 9.17) is 9.47 Å². The molecule has 110 valence electrons. The molecule has 4 heteroatoms. The fourth-order valence-electron chi connectivity index (χ4n) is 3.33. The third-order valence-electron chi connectivity index (χ3n) is 4.99. The monoisotopic (exact) mass is 277 g/mol. The number of benzene rings is 1. The van der Waals surface area contributed by atoms with Crippen LogP contribution in [0.5, 0.6) is 17.2 Å². The third-order valence-corrected chi connectivity index (χ3v) is 4.99. The van der Waals surface area contributed by atoms with Crippen molar-refractivity contribution < 1.29 is 14.6 Å². The van der Waals surface area contributed by atoms with Crippen LogP contribution in [-0.2, 0) is 6.54 Å². The van der Waals surface area contributed by atoms with Crippen LogP contribution in [0.3, 0.4) is 0 Å². The summed E-state index contributed by atoms with van der Waals surface area (Å²) in [6, 6.07) is 3.58. The van der Waals surface area contributed by atoms with E-state index in [0.717, 1.165) is 30.9 Å². The fraction of sp³-hybridized carbons (Fsp3) is 0.625.